The van der Waals surface area contributed by atoms with Crippen LogP contribution in [0.3, 0.4) is 0 Å². The van der Waals surface area contributed by atoms with Crippen LogP contribution in [0.25, 0.3) is 0 Å². The summed E-state index contributed by atoms with van der Waals surface area (Å²) in [7, 11) is -3.87. The summed E-state index contributed by atoms with van der Waals surface area (Å²) in [6.07, 6.45) is -0.980. The van der Waals surface area contributed by atoms with Crippen LogP contribution in [0.15, 0.2) is 27.6 Å². The molecule has 0 radical (unpaired) electrons. The highest BCUT2D eigenvalue weighted by Gasteiger charge is 2.32. The summed E-state index contributed by atoms with van der Waals surface area (Å²) in [5.74, 6) is -1.74. The number of hydrogen-bond donors (Lipinski definition) is 1. The predicted octanol–water partition coefficient (Wildman–Crippen LogP) is 1.45. The van der Waals surface area contributed by atoms with Crippen LogP contribution < -0.4 is 0 Å². The molecule has 1 atom stereocenters. The normalized spacial score (nSPS) is 20.4. The molecule has 9 heteroatoms. The minimum atomic E-state index is -3.87. The van der Waals surface area contributed by atoms with E-state index in [9.17, 15) is 17.6 Å². The summed E-state index contributed by atoms with van der Waals surface area (Å²) in [6.45, 7) is 0.151. The van der Waals surface area contributed by atoms with Gasteiger partial charge < -0.3 is 9.84 Å². The molecule has 1 unspecified atom stereocenters. The Morgan fingerprint density at radius 3 is 2.86 bits per heavy atom. The van der Waals surface area contributed by atoms with E-state index in [0.29, 0.717) is 0 Å². The Bertz CT molecular complexity index is 651. The predicted molar refractivity (Wildman–Crippen MR) is 74.9 cm³/mol. The van der Waals surface area contributed by atoms with Gasteiger partial charge in [-0.05, 0) is 34.1 Å². The third-order valence-corrected chi connectivity index (χ3v) is 5.54. The van der Waals surface area contributed by atoms with E-state index in [1.807, 2.05) is 0 Å². The number of halogens is 2. The second-order valence-corrected chi connectivity index (χ2v) is 7.32. The van der Waals surface area contributed by atoms with Crippen molar-refractivity contribution in [3.05, 3.63) is 28.5 Å². The first-order valence-electron chi connectivity index (χ1n) is 6.09. The molecular formula is C12H13BrFNO5S. The molecule has 0 saturated carbocycles. The van der Waals surface area contributed by atoms with Gasteiger partial charge in [0, 0.05) is 13.1 Å². The van der Waals surface area contributed by atoms with Crippen molar-refractivity contribution in [3.63, 3.8) is 0 Å². The lowest BCUT2D eigenvalue weighted by Gasteiger charge is -2.31. The number of aliphatic carboxylic acids is 1. The number of benzene rings is 1. The monoisotopic (exact) mass is 381 g/mol. The minimum absolute atomic E-state index is 0.0632. The molecule has 1 aromatic carbocycles. The number of carboxylic acid groups (broad SMARTS) is 1. The number of ether oxygens (including phenoxy) is 1. The van der Waals surface area contributed by atoms with Crippen LogP contribution in [0.5, 0.6) is 0 Å². The highest BCUT2D eigenvalue weighted by atomic mass is 79.9. The van der Waals surface area contributed by atoms with Crippen molar-refractivity contribution >= 4 is 31.9 Å². The Hall–Kier alpha value is -1.03. The zero-order chi connectivity index (χ0) is 15.6. The number of carboxylic acids is 1. The van der Waals surface area contributed by atoms with Crippen LogP contribution in [0.4, 0.5) is 4.39 Å². The highest BCUT2D eigenvalue weighted by molar-refractivity contribution is 9.10. The Morgan fingerprint density at radius 1 is 1.52 bits per heavy atom. The Balaban J connectivity index is 2.22. The van der Waals surface area contributed by atoms with Crippen molar-refractivity contribution < 1.29 is 27.4 Å². The first kappa shape index (κ1) is 16.3. The summed E-state index contributed by atoms with van der Waals surface area (Å²) in [5.41, 5.74) is 0. The van der Waals surface area contributed by atoms with E-state index in [4.69, 9.17) is 9.84 Å². The van der Waals surface area contributed by atoms with Gasteiger partial charge in [0.2, 0.25) is 10.0 Å². The van der Waals surface area contributed by atoms with Gasteiger partial charge in [-0.25, -0.2) is 12.8 Å². The number of nitrogens with zero attached hydrogens (tertiary/aromatic N) is 1. The highest BCUT2D eigenvalue weighted by Crippen LogP contribution is 2.23. The van der Waals surface area contributed by atoms with Crippen LogP contribution in [-0.4, -0.2) is 49.6 Å². The van der Waals surface area contributed by atoms with E-state index >= 15 is 0 Å². The summed E-state index contributed by atoms with van der Waals surface area (Å²) >= 11 is 2.96. The maximum Gasteiger partial charge on any atom is 0.306 e. The quantitative estimate of drug-likeness (QED) is 0.853. The zero-order valence-electron chi connectivity index (χ0n) is 10.8. The molecule has 1 heterocycles. The fourth-order valence-corrected chi connectivity index (χ4v) is 3.73. The molecule has 0 aromatic heterocycles. The number of carbonyl (C=O) groups is 1. The molecule has 0 bridgehead atoms. The first-order valence-corrected chi connectivity index (χ1v) is 8.32. The van der Waals surface area contributed by atoms with E-state index in [1.165, 1.54) is 12.1 Å². The summed E-state index contributed by atoms with van der Waals surface area (Å²) in [6, 6.07) is 3.54. The average molecular weight is 382 g/mol. The van der Waals surface area contributed by atoms with Gasteiger partial charge in [0.25, 0.3) is 0 Å². The zero-order valence-corrected chi connectivity index (χ0v) is 13.2. The lowest BCUT2D eigenvalue weighted by atomic mass is 10.2. The molecule has 1 N–H and O–H groups in total. The molecule has 21 heavy (non-hydrogen) atoms. The van der Waals surface area contributed by atoms with Crippen molar-refractivity contribution in [2.75, 3.05) is 19.7 Å². The van der Waals surface area contributed by atoms with Gasteiger partial charge in [-0.1, -0.05) is 0 Å². The molecule has 1 aromatic rings. The molecule has 1 aliphatic heterocycles. The standard InChI is InChI=1S/C12H13BrFNO5S/c13-10-2-1-9(6-11(10)14)21(18,19)15-3-4-20-8(7-15)5-12(16)17/h1-2,6,8H,3-5,7H2,(H,16,17). The van der Waals surface area contributed by atoms with E-state index in [2.05, 4.69) is 15.9 Å². The summed E-state index contributed by atoms with van der Waals surface area (Å²) < 4.78 is 44.9. The van der Waals surface area contributed by atoms with Gasteiger partial charge in [0.15, 0.2) is 0 Å². The number of morpholine rings is 1. The molecule has 0 aliphatic carbocycles. The molecule has 0 spiro atoms. The van der Waals surface area contributed by atoms with E-state index in [1.54, 1.807) is 0 Å². The van der Waals surface area contributed by atoms with Gasteiger partial charge in [-0.3, -0.25) is 4.79 Å². The fourth-order valence-electron chi connectivity index (χ4n) is 2.02. The van der Waals surface area contributed by atoms with Crippen molar-refractivity contribution in [2.24, 2.45) is 0 Å². The largest absolute Gasteiger partial charge is 0.481 e. The van der Waals surface area contributed by atoms with Crippen LogP contribution >= 0.6 is 15.9 Å². The Morgan fingerprint density at radius 2 is 2.24 bits per heavy atom. The van der Waals surface area contributed by atoms with Crippen LogP contribution in [0, 0.1) is 5.82 Å². The first-order chi connectivity index (χ1) is 9.80. The van der Waals surface area contributed by atoms with Crippen LogP contribution in [-0.2, 0) is 19.6 Å². The molecule has 116 valence electrons. The topological polar surface area (TPSA) is 83.9 Å². The third-order valence-electron chi connectivity index (χ3n) is 3.03. The summed E-state index contributed by atoms with van der Waals surface area (Å²) in [5, 5.41) is 8.74. The Labute approximate surface area is 129 Å². The lowest BCUT2D eigenvalue weighted by molar-refractivity contribution is -0.141. The maximum atomic E-state index is 13.5. The molecule has 1 fully saturated rings. The minimum Gasteiger partial charge on any atom is -0.481 e. The second kappa shape index (κ2) is 6.39. The second-order valence-electron chi connectivity index (χ2n) is 4.53. The van der Waals surface area contributed by atoms with Crippen molar-refractivity contribution in [1.82, 2.24) is 4.31 Å². The molecular weight excluding hydrogens is 369 g/mol. The van der Waals surface area contributed by atoms with Gasteiger partial charge >= 0.3 is 5.97 Å². The summed E-state index contributed by atoms with van der Waals surface area (Å²) in [4.78, 5) is 10.5. The average Bonchev–Trinajstić information content (AvgIpc) is 2.41. The molecule has 2 rings (SSSR count). The maximum absolute atomic E-state index is 13.5. The smallest absolute Gasteiger partial charge is 0.306 e. The SMILES string of the molecule is O=C(O)CC1CN(S(=O)(=O)c2ccc(Br)c(F)c2)CCO1. The van der Waals surface area contributed by atoms with Crippen molar-refractivity contribution in [3.8, 4) is 0 Å². The fraction of sp³-hybridized carbons (Fsp3) is 0.417. The van der Waals surface area contributed by atoms with Gasteiger partial charge in [0.1, 0.15) is 5.82 Å². The molecule has 1 aliphatic rings. The van der Waals surface area contributed by atoms with Gasteiger partial charge in [-0.2, -0.15) is 4.31 Å². The molecule has 6 nitrogen and oxygen atoms in total. The van der Waals surface area contributed by atoms with Gasteiger partial charge in [0.05, 0.1) is 28.5 Å². The third kappa shape index (κ3) is 3.79. The molecule has 0 amide bonds. The van der Waals surface area contributed by atoms with Crippen molar-refractivity contribution in [1.29, 1.82) is 0 Å². The Kier molecular flexibility index (Phi) is 4.97. The van der Waals surface area contributed by atoms with E-state index < -0.39 is 27.9 Å². The van der Waals surface area contributed by atoms with E-state index in [-0.39, 0.29) is 35.5 Å². The lowest BCUT2D eigenvalue weighted by Crippen LogP contribution is -2.46. The van der Waals surface area contributed by atoms with Crippen molar-refractivity contribution in [2.45, 2.75) is 17.4 Å². The number of rotatable bonds is 4. The molecule has 1 saturated heterocycles. The van der Waals surface area contributed by atoms with Crippen LogP contribution in [0.1, 0.15) is 6.42 Å². The van der Waals surface area contributed by atoms with Crippen LogP contribution in [0.2, 0.25) is 0 Å². The number of sulfonamides is 1. The van der Waals surface area contributed by atoms with Gasteiger partial charge in [-0.15, -0.1) is 0 Å². The number of hydrogen-bond acceptors (Lipinski definition) is 4. The van der Waals surface area contributed by atoms with E-state index in [0.717, 1.165) is 10.4 Å².